The van der Waals surface area contributed by atoms with Crippen molar-refractivity contribution in [3.8, 4) is 5.75 Å². The van der Waals surface area contributed by atoms with E-state index >= 15 is 0 Å². The third-order valence-electron chi connectivity index (χ3n) is 6.58. The number of carboxylic acid groups (broad SMARTS) is 1. The average Bonchev–Trinajstić information content (AvgIpc) is 3.17. The first-order valence-electron chi connectivity index (χ1n) is 11.8. The number of ether oxygens (including phenoxy) is 1. The second-order valence-corrected chi connectivity index (χ2v) is 9.24. The molecule has 0 bridgehead atoms. The van der Waals surface area contributed by atoms with Crippen LogP contribution < -0.4 is 4.74 Å². The van der Waals surface area contributed by atoms with E-state index in [-0.39, 0.29) is 5.56 Å². The second kappa shape index (κ2) is 10.2. The van der Waals surface area contributed by atoms with Crippen LogP contribution in [0.3, 0.4) is 0 Å². The lowest BCUT2D eigenvalue weighted by molar-refractivity contribution is 0.0691. The largest absolute Gasteiger partial charge is 0.491 e. The Morgan fingerprint density at radius 2 is 1.78 bits per heavy atom. The van der Waals surface area contributed by atoms with E-state index < -0.39 is 5.97 Å². The first-order chi connectivity index (χ1) is 15.5. The Kier molecular flexibility index (Phi) is 7.15. The Balaban J connectivity index is 1.34. The van der Waals surface area contributed by atoms with Crippen molar-refractivity contribution in [1.29, 1.82) is 0 Å². The van der Waals surface area contributed by atoms with Gasteiger partial charge in [-0.05, 0) is 68.0 Å². The predicted octanol–water partition coefficient (Wildman–Crippen LogP) is 5.64. The third-order valence-corrected chi connectivity index (χ3v) is 6.58. The van der Waals surface area contributed by atoms with Gasteiger partial charge in [0.05, 0.1) is 0 Å². The summed E-state index contributed by atoms with van der Waals surface area (Å²) in [6.07, 6.45) is 5.88. The van der Waals surface area contributed by atoms with E-state index in [2.05, 4.69) is 53.8 Å². The number of carboxylic acids is 1. The monoisotopic (exact) mass is 434 g/mol. The molecule has 170 valence electrons. The summed E-state index contributed by atoms with van der Waals surface area (Å²) in [6.45, 7) is 9.05. The number of para-hydroxylation sites is 2. The van der Waals surface area contributed by atoms with Crippen molar-refractivity contribution in [1.82, 2.24) is 9.47 Å². The minimum absolute atomic E-state index is 0.222. The van der Waals surface area contributed by atoms with Crippen molar-refractivity contribution < 1.29 is 14.6 Å². The highest BCUT2D eigenvalue weighted by molar-refractivity contribution is 5.90. The fourth-order valence-corrected chi connectivity index (χ4v) is 4.70. The Bertz CT molecular complexity index is 1050. The van der Waals surface area contributed by atoms with Crippen LogP contribution >= 0.6 is 0 Å². The van der Waals surface area contributed by atoms with Crippen molar-refractivity contribution in [2.75, 3.05) is 26.2 Å². The number of rotatable bonds is 9. The quantitative estimate of drug-likeness (QED) is 0.473. The van der Waals surface area contributed by atoms with E-state index in [1.807, 2.05) is 6.07 Å². The van der Waals surface area contributed by atoms with E-state index in [0.717, 1.165) is 39.0 Å². The number of aryl methyl sites for hydroxylation is 1. The van der Waals surface area contributed by atoms with Gasteiger partial charge in [-0.25, -0.2) is 4.79 Å². The molecule has 1 saturated heterocycles. The molecule has 2 heterocycles. The zero-order valence-corrected chi connectivity index (χ0v) is 19.2. The summed E-state index contributed by atoms with van der Waals surface area (Å²) in [7, 11) is 0. The fraction of sp³-hybridized carbons (Fsp3) is 0.444. The van der Waals surface area contributed by atoms with Gasteiger partial charge < -0.3 is 14.4 Å². The number of carbonyl (C=O) groups is 1. The molecule has 1 aliphatic heterocycles. The van der Waals surface area contributed by atoms with Gasteiger partial charge in [0.25, 0.3) is 0 Å². The molecule has 5 heteroatoms. The van der Waals surface area contributed by atoms with Gasteiger partial charge in [-0.2, -0.15) is 0 Å². The van der Waals surface area contributed by atoms with Crippen LogP contribution in [0.2, 0.25) is 0 Å². The molecule has 0 amide bonds. The zero-order chi connectivity index (χ0) is 22.5. The number of hydrogen-bond acceptors (Lipinski definition) is 3. The van der Waals surface area contributed by atoms with Crippen molar-refractivity contribution in [3.05, 3.63) is 65.9 Å². The molecule has 0 aliphatic carbocycles. The lowest BCUT2D eigenvalue weighted by Crippen LogP contribution is -2.35. The molecule has 1 N–H and O–H groups in total. The summed E-state index contributed by atoms with van der Waals surface area (Å²) < 4.78 is 8.24. The molecule has 4 rings (SSSR count). The summed E-state index contributed by atoms with van der Waals surface area (Å²) in [5, 5.41) is 10.7. The summed E-state index contributed by atoms with van der Waals surface area (Å²) in [6, 6.07) is 15.7. The van der Waals surface area contributed by atoms with Crippen LogP contribution in [0.15, 0.2) is 54.7 Å². The molecule has 0 saturated carbocycles. The predicted molar refractivity (Wildman–Crippen MR) is 129 cm³/mol. The Morgan fingerprint density at radius 1 is 1.06 bits per heavy atom. The molecule has 1 fully saturated rings. The van der Waals surface area contributed by atoms with Gasteiger partial charge in [0.15, 0.2) is 0 Å². The zero-order valence-electron chi connectivity index (χ0n) is 19.2. The normalized spacial score (nSPS) is 15.5. The Hall–Kier alpha value is -2.79. The van der Waals surface area contributed by atoms with Gasteiger partial charge in [-0.15, -0.1) is 0 Å². The molecular formula is C27H34N2O3. The number of hydrogen-bond donors (Lipinski definition) is 1. The number of nitrogens with zero attached hydrogens (tertiary/aromatic N) is 2. The molecule has 32 heavy (non-hydrogen) atoms. The van der Waals surface area contributed by atoms with E-state index in [0.29, 0.717) is 24.2 Å². The topological polar surface area (TPSA) is 54.7 Å². The molecule has 1 aliphatic rings. The molecule has 0 unspecified atom stereocenters. The summed E-state index contributed by atoms with van der Waals surface area (Å²) >= 11 is 0. The molecular weight excluding hydrogens is 400 g/mol. The molecule has 0 radical (unpaired) electrons. The van der Waals surface area contributed by atoms with Crippen LogP contribution in [0.4, 0.5) is 0 Å². The highest BCUT2D eigenvalue weighted by Gasteiger charge is 2.24. The number of benzene rings is 2. The minimum Gasteiger partial charge on any atom is -0.491 e. The van der Waals surface area contributed by atoms with Crippen LogP contribution in [-0.4, -0.2) is 46.8 Å². The third kappa shape index (κ3) is 5.16. The van der Waals surface area contributed by atoms with Gasteiger partial charge in [0, 0.05) is 30.2 Å². The number of aromatic nitrogens is 1. The molecule has 2 aromatic carbocycles. The SMILES string of the molecule is CC(C)CCn1cc(C2CCN(CCOc3ccccc3C(=O)O)CC2)c2ccccc21. The highest BCUT2D eigenvalue weighted by atomic mass is 16.5. The minimum atomic E-state index is -0.950. The van der Waals surface area contributed by atoms with Crippen molar-refractivity contribution in [2.24, 2.45) is 5.92 Å². The maximum atomic E-state index is 11.3. The maximum absolute atomic E-state index is 11.3. The lowest BCUT2D eigenvalue weighted by atomic mass is 9.89. The summed E-state index contributed by atoms with van der Waals surface area (Å²) in [5.74, 6) is 0.788. The van der Waals surface area contributed by atoms with E-state index in [1.54, 1.807) is 18.2 Å². The van der Waals surface area contributed by atoms with E-state index in [4.69, 9.17) is 4.74 Å². The van der Waals surface area contributed by atoms with Gasteiger partial charge in [0.1, 0.15) is 17.9 Å². The maximum Gasteiger partial charge on any atom is 0.339 e. The van der Waals surface area contributed by atoms with Crippen molar-refractivity contribution in [2.45, 2.75) is 45.6 Å². The van der Waals surface area contributed by atoms with Crippen LogP contribution in [0.5, 0.6) is 5.75 Å². The number of fused-ring (bicyclic) bond motifs is 1. The lowest BCUT2D eigenvalue weighted by Gasteiger charge is -2.31. The molecule has 0 spiro atoms. The van der Waals surface area contributed by atoms with Gasteiger partial charge >= 0.3 is 5.97 Å². The van der Waals surface area contributed by atoms with Crippen molar-refractivity contribution in [3.63, 3.8) is 0 Å². The molecule has 1 aromatic heterocycles. The van der Waals surface area contributed by atoms with Gasteiger partial charge in [-0.3, -0.25) is 4.90 Å². The number of likely N-dealkylation sites (tertiary alicyclic amines) is 1. The smallest absolute Gasteiger partial charge is 0.339 e. The van der Waals surface area contributed by atoms with E-state index in [9.17, 15) is 9.90 Å². The van der Waals surface area contributed by atoms with E-state index in [1.165, 1.54) is 22.9 Å². The molecule has 5 nitrogen and oxygen atoms in total. The van der Waals surface area contributed by atoms with Gasteiger partial charge in [0.2, 0.25) is 0 Å². The fourth-order valence-electron chi connectivity index (χ4n) is 4.70. The summed E-state index contributed by atoms with van der Waals surface area (Å²) in [4.78, 5) is 13.8. The standard InChI is InChI=1S/C27H34N2O3/c1-20(2)11-16-29-19-24(22-7-3-5-9-25(22)29)21-12-14-28(15-13-21)17-18-32-26-10-6-4-8-23(26)27(30)31/h3-10,19-21H,11-18H2,1-2H3,(H,30,31). The number of aromatic carboxylic acids is 1. The first-order valence-corrected chi connectivity index (χ1v) is 11.8. The van der Waals surface area contributed by atoms with Crippen LogP contribution in [-0.2, 0) is 6.54 Å². The van der Waals surface area contributed by atoms with Crippen LogP contribution in [0.1, 0.15) is 54.9 Å². The van der Waals surface area contributed by atoms with Crippen LogP contribution in [0, 0.1) is 5.92 Å². The Labute approximate surface area is 190 Å². The average molecular weight is 435 g/mol. The van der Waals surface area contributed by atoms with Crippen molar-refractivity contribution >= 4 is 16.9 Å². The second-order valence-electron chi connectivity index (χ2n) is 9.24. The highest BCUT2D eigenvalue weighted by Crippen LogP contribution is 2.34. The van der Waals surface area contributed by atoms with Crippen LogP contribution in [0.25, 0.3) is 10.9 Å². The molecule has 3 aromatic rings. The first kappa shape index (κ1) is 22.4. The Morgan fingerprint density at radius 3 is 2.53 bits per heavy atom. The summed E-state index contributed by atoms with van der Waals surface area (Å²) in [5.41, 5.74) is 3.08. The number of piperidine rings is 1. The van der Waals surface area contributed by atoms with Gasteiger partial charge in [-0.1, -0.05) is 44.2 Å². The molecule has 0 atom stereocenters.